The normalized spacial score (nSPS) is 11.4. The van der Waals surface area contributed by atoms with Gasteiger partial charge in [-0.05, 0) is 18.2 Å². The summed E-state index contributed by atoms with van der Waals surface area (Å²) in [5, 5.41) is 6.00. The van der Waals surface area contributed by atoms with Crippen LogP contribution in [0.25, 0.3) is 0 Å². The SMILES string of the molecule is CN(c1cccc(F)c1)S(=O)(=O)c1cn[nH]c1. The first-order chi connectivity index (χ1) is 8.01. The highest BCUT2D eigenvalue weighted by molar-refractivity contribution is 7.92. The number of aromatic amines is 1. The Balaban J connectivity index is 2.42. The van der Waals surface area contributed by atoms with Crippen LogP contribution in [0.1, 0.15) is 0 Å². The topological polar surface area (TPSA) is 66.1 Å². The van der Waals surface area contributed by atoms with Gasteiger partial charge in [0.1, 0.15) is 10.7 Å². The maximum Gasteiger partial charge on any atom is 0.267 e. The van der Waals surface area contributed by atoms with Crippen molar-refractivity contribution in [1.29, 1.82) is 0 Å². The third-order valence-corrected chi connectivity index (χ3v) is 4.05. The number of hydrogen-bond donors (Lipinski definition) is 1. The molecule has 1 N–H and O–H groups in total. The first kappa shape index (κ1) is 11.6. The van der Waals surface area contributed by atoms with E-state index in [0.29, 0.717) is 0 Å². The molecule has 90 valence electrons. The van der Waals surface area contributed by atoms with Gasteiger partial charge in [0, 0.05) is 13.2 Å². The molecular formula is C10H10FN3O2S. The maximum absolute atomic E-state index is 13.0. The largest absolute Gasteiger partial charge is 0.284 e. The van der Waals surface area contributed by atoms with Gasteiger partial charge in [0.2, 0.25) is 0 Å². The summed E-state index contributed by atoms with van der Waals surface area (Å²) in [5.41, 5.74) is 0.256. The van der Waals surface area contributed by atoms with E-state index in [2.05, 4.69) is 10.2 Å². The van der Waals surface area contributed by atoms with Gasteiger partial charge in [0.15, 0.2) is 0 Å². The smallest absolute Gasteiger partial charge is 0.267 e. The fourth-order valence-electron chi connectivity index (χ4n) is 1.35. The highest BCUT2D eigenvalue weighted by Gasteiger charge is 2.22. The molecule has 5 nitrogen and oxygen atoms in total. The van der Waals surface area contributed by atoms with Crippen LogP contribution in [0.3, 0.4) is 0 Å². The van der Waals surface area contributed by atoms with Crippen molar-refractivity contribution in [1.82, 2.24) is 10.2 Å². The van der Waals surface area contributed by atoms with E-state index in [4.69, 9.17) is 0 Å². The molecule has 2 rings (SSSR count). The molecule has 0 aliphatic heterocycles. The molecule has 0 spiro atoms. The zero-order valence-corrected chi connectivity index (χ0v) is 9.78. The third-order valence-electron chi connectivity index (χ3n) is 2.30. The average molecular weight is 255 g/mol. The Morgan fingerprint density at radius 1 is 1.41 bits per heavy atom. The van der Waals surface area contributed by atoms with Crippen molar-refractivity contribution in [2.24, 2.45) is 0 Å². The van der Waals surface area contributed by atoms with E-state index in [-0.39, 0.29) is 10.6 Å². The molecule has 0 fully saturated rings. The van der Waals surface area contributed by atoms with Crippen LogP contribution in [-0.2, 0) is 10.0 Å². The molecule has 1 aromatic heterocycles. The van der Waals surface area contributed by atoms with Crippen molar-refractivity contribution in [2.45, 2.75) is 4.90 Å². The van der Waals surface area contributed by atoms with Crippen molar-refractivity contribution in [2.75, 3.05) is 11.4 Å². The van der Waals surface area contributed by atoms with Crippen LogP contribution in [0.2, 0.25) is 0 Å². The summed E-state index contributed by atoms with van der Waals surface area (Å²) < 4.78 is 38.1. The molecule has 1 heterocycles. The summed E-state index contributed by atoms with van der Waals surface area (Å²) in [6, 6.07) is 5.37. The van der Waals surface area contributed by atoms with Crippen LogP contribution >= 0.6 is 0 Å². The van der Waals surface area contributed by atoms with Crippen LogP contribution < -0.4 is 4.31 Å². The van der Waals surface area contributed by atoms with E-state index >= 15 is 0 Å². The molecular weight excluding hydrogens is 245 g/mol. The van der Waals surface area contributed by atoms with Crippen molar-refractivity contribution in [3.8, 4) is 0 Å². The standard InChI is InChI=1S/C10H10FN3O2S/c1-14(9-4-2-3-8(11)5-9)17(15,16)10-6-12-13-7-10/h2-7H,1H3,(H,12,13). The van der Waals surface area contributed by atoms with Crippen LogP contribution in [0.5, 0.6) is 0 Å². The lowest BCUT2D eigenvalue weighted by atomic mass is 10.3. The van der Waals surface area contributed by atoms with Gasteiger partial charge in [0.25, 0.3) is 10.0 Å². The predicted octanol–water partition coefficient (Wildman–Crippen LogP) is 1.37. The Kier molecular flexibility index (Phi) is 2.84. The number of nitrogens with one attached hydrogen (secondary N) is 1. The second kappa shape index (κ2) is 4.17. The minimum atomic E-state index is -3.69. The molecule has 0 aliphatic carbocycles. The van der Waals surface area contributed by atoms with Crippen molar-refractivity contribution < 1.29 is 12.8 Å². The van der Waals surface area contributed by atoms with Gasteiger partial charge in [0.05, 0.1) is 11.9 Å². The molecule has 0 unspecified atom stereocenters. The molecule has 0 amide bonds. The summed E-state index contributed by atoms with van der Waals surface area (Å²) in [5.74, 6) is -0.489. The van der Waals surface area contributed by atoms with Gasteiger partial charge >= 0.3 is 0 Å². The highest BCUT2D eigenvalue weighted by atomic mass is 32.2. The fraction of sp³-hybridized carbons (Fsp3) is 0.100. The summed E-state index contributed by atoms with van der Waals surface area (Å²) in [6.07, 6.45) is 2.47. The lowest BCUT2D eigenvalue weighted by molar-refractivity contribution is 0.594. The summed E-state index contributed by atoms with van der Waals surface area (Å²) >= 11 is 0. The van der Waals surface area contributed by atoms with Gasteiger partial charge in [-0.3, -0.25) is 9.40 Å². The van der Waals surface area contributed by atoms with E-state index in [1.54, 1.807) is 0 Å². The Hall–Kier alpha value is -1.89. The van der Waals surface area contributed by atoms with Gasteiger partial charge in [-0.25, -0.2) is 12.8 Å². The van der Waals surface area contributed by atoms with E-state index in [0.717, 1.165) is 10.4 Å². The molecule has 0 bridgehead atoms. The van der Waals surface area contributed by atoms with Crippen LogP contribution in [0, 0.1) is 5.82 Å². The number of rotatable bonds is 3. The number of aromatic nitrogens is 2. The molecule has 7 heteroatoms. The van der Waals surface area contributed by atoms with E-state index in [1.165, 1.54) is 37.6 Å². The number of sulfonamides is 1. The van der Waals surface area contributed by atoms with Gasteiger partial charge < -0.3 is 0 Å². The van der Waals surface area contributed by atoms with Gasteiger partial charge in [-0.2, -0.15) is 5.10 Å². The number of anilines is 1. The van der Waals surface area contributed by atoms with Gasteiger partial charge in [-0.15, -0.1) is 0 Å². The molecule has 0 radical (unpaired) electrons. The number of hydrogen-bond acceptors (Lipinski definition) is 3. The lowest BCUT2D eigenvalue weighted by Gasteiger charge is -2.18. The maximum atomic E-state index is 13.0. The molecule has 2 aromatic rings. The number of H-pyrrole nitrogens is 1. The third kappa shape index (κ3) is 2.14. The van der Waals surface area contributed by atoms with Crippen molar-refractivity contribution in [3.63, 3.8) is 0 Å². The van der Waals surface area contributed by atoms with Crippen LogP contribution in [0.4, 0.5) is 10.1 Å². The van der Waals surface area contributed by atoms with E-state index in [1.807, 2.05) is 0 Å². The summed E-state index contributed by atoms with van der Waals surface area (Å²) in [7, 11) is -2.33. The second-order valence-electron chi connectivity index (χ2n) is 3.39. The molecule has 0 saturated carbocycles. The van der Waals surface area contributed by atoms with E-state index in [9.17, 15) is 12.8 Å². The zero-order valence-electron chi connectivity index (χ0n) is 8.96. The molecule has 0 saturated heterocycles. The highest BCUT2D eigenvalue weighted by Crippen LogP contribution is 2.21. The zero-order chi connectivity index (χ0) is 12.5. The first-order valence-corrected chi connectivity index (χ1v) is 6.19. The minimum absolute atomic E-state index is 0.0317. The van der Waals surface area contributed by atoms with Gasteiger partial charge in [-0.1, -0.05) is 6.07 Å². The van der Waals surface area contributed by atoms with Crippen molar-refractivity contribution in [3.05, 3.63) is 42.5 Å². The predicted molar refractivity (Wildman–Crippen MR) is 60.6 cm³/mol. The van der Waals surface area contributed by atoms with Crippen molar-refractivity contribution >= 4 is 15.7 Å². The number of nitrogens with zero attached hydrogens (tertiary/aromatic N) is 2. The Labute approximate surface area is 97.9 Å². The number of halogens is 1. The second-order valence-corrected chi connectivity index (χ2v) is 5.36. The number of benzene rings is 1. The molecule has 17 heavy (non-hydrogen) atoms. The molecule has 0 aliphatic rings. The summed E-state index contributed by atoms with van der Waals surface area (Å²) in [4.78, 5) is 0.0317. The Morgan fingerprint density at radius 2 is 2.18 bits per heavy atom. The first-order valence-electron chi connectivity index (χ1n) is 4.75. The van der Waals surface area contributed by atoms with Crippen LogP contribution in [-0.4, -0.2) is 25.7 Å². The average Bonchev–Trinajstić information content (AvgIpc) is 2.82. The monoisotopic (exact) mass is 255 g/mol. The summed E-state index contributed by atoms with van der Waals surface area (Å²) in [6.45, 7) is 0. The van der Waals surface area contributed by atoms with Crippen LogP contribution in [0.15, 0.2) is 41.6 Å². The lowest BCUT2D eigenvalue weighted by Crippen LogP contribution is -2.26. The Morgan fingerprint density at radius 3 is 2.76 bits per heavy atom. The molecule has 1 aromatic carbocycles. The minimum Gasteiger partial charge on any atom is -0.284 e. The molecule has 0 atom stereocenters. The Bertz CT molecular complexity index is 610. The fourth-order valence-corrected chi connectivity index (χ4v) is 2.44. The van der Waals surface area contributed by atoms with E-state index < -0.39 is 15.8 Å². The quantitative estimate of drug-likeness (QED) is 0.900.